The second-order valence-corrected chi connectivity index (χ2v) is 2.05. The molecule has 0 atom stereocenters. The molecule has 0 aromatic rings. The number of hydrogen-bond donors (Lipinski definition) is 1. The SMILES string of the molecule is O=CC1=CC(O)=CC(=O)C1. The summed E-state index contributed by atoms with van der Waals surface area (Å²) in [5.41, 5.74) is 0.324. The molecule has 1 N–H and O–H groups in total. The Bertz CT molecular complexity index is 235. The summed E-state index contributed by atoms with van der Waals surface area (Å²) < 4.78 is 0. The zero-order valence-electron chi connectivity index (χ0n) is 5.20. The van der Waals surface area contributed by atoms with E-state index in [0.29, 0.717) is 11.9 Å². The van der Waals surface area contributed by atoms with Crippen molar-refractivity contribution in [3.63, 3.8) is 0 Å². The van der Waals surface area contributed by atoms with Crippen LogP contribution >= 0.6 is 0 Å². The predicted octanol–water partition coefficient (Wildman–Crippen LogP) is 0.526. The molecule has 1 rings (SSSR count). The van der Waals surface area contributed by atoms with Crippen molar-refractivity contribution in [1.82, 2.24) is 0 Å². The number of aliphatic hydroxyl groups is 1. The molecular weight excluding hydrogens is 132 g/mol. The maximum Gasteiger partial charge on any atom is 0.163 e. The number of carbonyl (C=O) groups excluding carboxylic acids is 2. The molecule has 0 aromatic carbocycles. The quantitative estimate of drug-likeness (QED) is 0.537. The third-order valence-electron chi connectivity index (χ3n) is 1.17. The first-order valence-electron chi connectivity index (χ1n) is 2.81. The largest absolute Gasteiger partial charge is 0.508 e. The van der Waals surface area contributed by atoms with Crippen molar-refractivity contribution in [2.75, 3.05) is 0 Å². The number of hydrogen-bond acceptors (Lipinski definition) is 3. The van der Waals surface area contributed by atoms with Gasteiger partial charge in [0.1, 0.15) is 12.0 Å². The Morgan fingerprint density at radius 3 is 2.70 bits per heavy atom. The van der Waals surface area contributed by atoms with Gasteiger partial charge in [-0.1, -0.05) is 0 Å². The fraction of sp³-hybridized carbons (Fsp3) is 0.143. The average Bonchev–Trinajstić information content (AvgIpc) is 1.85. The smallest absolute Gasteiger partial charge is 0.163 e. The Hall–Kier alpha value is -1.38. The van der Waals surface area contributed by atoms with Crippen LogP contribution in [-0.2, 0) is 9.59 Å². The van der Waals surface area contributed by atoms with Gasteiger partial charge in [-0.3, -0.25) is 9.59 Å². The highest BCUT2D eigenvalue weighted by Gasteiger charge is 2.09. The number of allylic oxidation sites excluding steroid dienone is 3. The first kappa shape index (κ1) is 6.74. The zero-order chi connectivity index (χ0) is 7.56. The molecular formula is C7H6O3. The van der Waals surface area contributed by atoms with Crippen molar-refractivity contribution in [2.24, 2.45) is 0 Å². The molecule has 1 aliphatic rings. The summed E-state index contributed by atoms with van der Waals surface area (Å²) in [6.45, 7) is 0. The number of rotatable bonds is 1. The van der Waals surface area contributed by atoms with Gasteiger partial charge in [-0.05, 0) is 6.08 Å². The Morgan fingerprint density at radius 1 is 1.50 bits per heavy atom. The third-order valence-corrected chi connectivity index (χ3v) is 1.17. The van der Waals surface area contributed by atoms with Crippen molar-refractivity contribution >= 4 is 12.1 Å². The van der Waals surface area contributed by atoms with Gasteiger partial charge in [-0.15, -0.1) is 0 Å². The Labute approximate surface area is 57.7 Å². The van der Waals surface area contributed by atoms with Crippen LogP contribution in [0.4, 0.5) is 0 Å². The van der Waals surface area contributed by atoms with E-state index in [1.54, 1.807) is 0 Å². The summed E-state index contributed by atoms with van der Waals surface area (Å²) in [6.07, 6.45) is 3.07. The third kappa shape index (κ3) is 1.31. The topological polar surface area (TPSA) is 54.4 Å². The Morgan fingerprint density at radius 2 is 2.20 bits per heavy atom. The van der Waals surface area contributed by atoms with Crippen molar-refractivity contribution in [2.45, 2.75) is 6.42 Å². The van der Waals surface area contributed by atoms with Gasteiger partial charge >= 0.3 is 0 Å². The van der Waals surface area contributed by atoms with E-state index >= 15 is 0 Å². The van der Waals surface area contributed by atoms with Crippen LogP contribution in [-0.4, -0.2) is 17.2 Å². The highest BCUT2D eigenvalue weighted by molar-refractivity contribution is 5.98. The molecule has 0 saturated heterocycles. The van der Waals surface area contributed by atoms with Crippen LogP contribution < -0.4 is 0 Å². The lowest BCUT2D eigenvalue weighted by Crippen LogP contribution is -2.03. The minimum atomic E-state index is -0.234. The van der Waals surface area contributed by atoms with Crippen molar-refractivity contribution in [1.29, 1.82) is 0 Å². The molecule has 10 heavy (non-hydrogen) atoms. The standard InChI is InChI=1S/C7H6O3/c8-4-5-1-6(9)3-7(10)2-5/h1,3-4,9H,2H2. The molecule has 0 aliphatic heterocycles. The number of aldehydes is 1. The summed E-state index contributed by atoms with van der Waals surface area (Å²) in [5, 5.41) is 8.79. The van der Waals surface area contributed by atoms with Gasteiger partial charge in [-0.2, -0.15) is 0 Å². The van der Waals surface area contributed by atoms with Crippen LogP contribution in [0.15, 0.2) is 23.5 Å². The van der Waals surface area contributed by atoms with Crippen LogP contribution in [0.25, 0.3) is 0 Å². The van der Waals surface area contributed by atoms with Crippen LogP contribution in [0, 0.1) is 0 Å². The monoisotopic (exact) mass is 138 g/mol. The van der Waals surface area contributed by atoms with Crippen LogP contribution in [0.5, 0.6) is 0 Å². The molecule has 0 saturated carbocycles. The average molecular weight is 138 g/mol. The molecule has 0 unspecified atom stereocenters. The molecule has 0 fully saturated rings. The fourth-order valence-electron chi connectivity index (χ4n) is 0.775. The van der Waals surface area contributed by atoms with E-state index in [0.717, 1.165) is 6.08 Å². The van der Waals surface area contributed by atoms with Gasteiger partial charge in [0.2, 0.25) is 0 Å². The van der Waals surface area contributed by atoms with Crippen molar-refractivity contribution < 1.29 is 14.7 Å². The van der Waals surface area contributed by atoms with E-state index in [-0.39, 0.29) is 18.0 Å². The van der Waals surface area contributed by atoms with Crippen LogP contribution in [0.2, 0.25) is 0 Å². The van der Waals surface area contributed by atoms with Gasteiger partial charge < -0.3 is 5.11 Å². The van der Waals surface area contributed by atoms with E-state index < -0.39 is 0 Å². The Balaban J connectivity index is 2.90. The molecule has 0 amide bonds. The molecule has 0 spiro atoms. The number of ketones is 1. The van der Waals surface area contributed by atoms with E-state index in [1.807, 2.05) is 0 Å². The molecule has 0 heterocycles. The molecule has 1 aliphatic carbocycles. The summed E-state index contributed by atoms with van der Waals surface area (Å²) in [4.78, 5) is 20.7. The fourth-order valence-corrected chi connectivity index (χ4v) is 0.775. The van der Waals surface area contributed by atoms with E-state index in [2.05, 4.69) is 0 Å². The summed E-state index contributed by atoms with van der Waals surface area (Å²) >= 11 is 0. The van der Waals surface area contributed by atoms with Gasteiger partial charge in [-0.25, -0.2) is 0 Å². The molecule has 3 heteroatoms. The van der Waals surface area contributed by atoms with Gasteiger partial charge in [0, 0.05) is 18.1 Å². The van der Waals surface area contributed by atoms with E-state index in [9.17, 15) is 9.59 Å². The lowest BCUT2D eigenvalue weighted by molar-refractivity contribution is -0.115. The second-order valence-electron chi connectivity index (χ2n) is 2.05. The highest BCUT2D eigenvalue weighted by Crippen LogP contribution is 2.10. The lowest BCUT2D eigenvalue weighted by atomic mass is 10.0. The summed E-state index contributed by atoms with van der Waals surface area (Å²) in [5.74, 6) is -0.375. The van der Waals surface area contributed by atoms with Crippen LogP contribution in [0.3, 0.4) is 0 Å². The first-order valence-corrected chi connectivity index (χ1v) is 2.81. The molecule has 0 aromatic heterocycles. The molecule has 52 valence electrons. The lowest BCUT2D eigenvalue weighted by Gasteiger charge is -2.01. The highest BCUT2D eigenvalue weighted by atomic mass is 16.3. The molecule has 0 radical (unpaired) electrons. The van der Waals surface area contributed by atoms with Gasteiger partial charge in [0.15, 0.2) is 5.78 Å². The van der Waals surface area contributed by atoms with E-state index in [4.69, 9.17) is 5.11 Å². The summed E-state index contributed by atoms with van der Waals surface area (Å²) in [7, 11) is 0. The normalized spacial score (nSPS) is 17.8. The van der Waals surface area contributed by atoms with Gasteiger partial charge in [0.25, 0.3) is 0 Å². The Kier molecular flexibility index (Phi) is 1.67. The van der Waals surface area contributed by atoms with Gasteiger partial charge in [0.05, 0.1) is 0 Å². The maximum absolute atomic E-state index is 10.6. The zero-order valence-corrected chi connectivity index (χ0v) is 5.20. The number of carbonyl (C=O) groups is 2. The minimum Gasteiger partial charge on any atom is -0.508 e. The second kappa shape index (κ2) is 2.47. The summed E-state index contributed by atoms with van der Waals surface area (Å²) in [6, 6.07) is 0. The first-order chi connectivity index (χ1) is 4.72. The number of aliphatic hydroxyl groups excluding tert-OH is 1. The molecule has 3 nitrogen and oxygen atoms in total. The van der Waals surface area contributed by atoms with Crippen molar-refractivity contribution in [3.8, 4) is 0 Å². The predicted molar refractivity (Wildman–Crippen MR) is 34.5 cm³/mol. The minimum absolute atomic E-state index is 0.105. The van der Waals surface area contributed by atoms with Crippen molar-refractivity contribution in [3.05, 3.63) is 23.5 Å². The molecule has 0 bridgehead atoms. The maximum atomic E-state index is 10.6. The van der Waals surface area contributed by atoms with E-state index in [1.165, 1.54) is 6.08 Å². The van der Waals surface area contributed by atoms with Crippen LogP contribution in [0.1, 0.15) is 6.42 Å².